The third kappa shape index (κ3) is 1.43. The molecule has 1 aliphatic rings. The molecule has 3 nitrogen and oxygen atoms in total. The van der Waals surface area contributed by atoms with Gasteiger partial charge in [-0.2, -0.15) is 0 Å². The minimum atomic E-state index is 0.459. The van der Waals surface area contributed by atoms with Crippen LogP contribution in [-0.2, 0) is 0 Å². The summed E-state index contributed by atoms with van der Waals surface area (Å²) < 4.78 is 0. The van der Waals surface area contributed by atoms with E-state index < -0.39 is 0 Å². The van der Waals surface area contributed by atoms with Crippen molar-refractivity contribution in [2.24, 2.45) is 10.8 Å². The average Bonchev–Trinajstić information content (AvgIpc) is 1.80. The van der Waals surface area contributed by atoms with E-state index in [1.54, 1.807) is 6.08 Å². The molecule has 0 spiro atoms. The summed E-state index contributed by atoms with van der Waals surface area (Å²) >= 11 is 5.64. The summed E-state index contributed by atoms with van der Waals surface area (Å²) in [5.74, 6) is 5.37. The van der Waals surface area contributed by atoms with Crippen LogP contribution in [0.2, 0.25) is 0 Å². The zero-order valence-electron chi connectivity index (χ0n) is 5.13. The van der Waals surface area contributed by atoms with Gasteiger partial charge < -0.3 is 0 Å². The molecule has 0 aromatic carbocycles. The van der Waals surface area contributed by atoms with Crippen LogP contribution >= 0.6 is 11.6 Å². The summed E-state index contributed by atoms with van der Waals surface area (Å²) in [6.07, 6.45) is 1.73. The Balaban J connectivity index is 2.74. The molecule has 0 radical (unpaired) electrons. The molecule has 0 unspecified atom stereocenters. The standard InChI is InChI=1S/C5H8ClN3/c1-4-2-5(6)9(7)3-8-4/h2H,3,7H2,1H3. The Morgan fingerprint density at radius 3 is 3.00 bits per heavy atom. The number of nitrogens with zero attached hydrogens (tertiary/aromatic N) is 2. The van der Waals surface area contributed by atoms with Crippen molar-refractivity contribution in [1.29, 1.82) is 0 Å². The maximum Gasteiger partial charge on any atom is 0.125 e. The highest BCUT2D eigenvalue weighted by Crippen LogP contribution is 2.08. The van der Waals surface area contributed by atoms with Gasteiger partial charge in [-0.1, -0.05) is 11.6 Å². The van der Waals surface area contributed by atoms with Gasteiger partial charge in [0.05, 0.1) is 0 Å². The van der Waals surface area contributed by atoms with E-state index in [0.717, 1.165) is 5.71 Å². The van der Waals surface area contributed by atoms with Crippen LogP contribution in [0.1, 0.15) is 6.92 Å². The highest BCUT2D eigenvalue weighted by atomic mass is 35.5. The molecular weight excluding hydrogens is 138 g/mol. The molecule has 9 heavy (non-hydrogen) atoms. The van der Waals surface area contributed by atoms with E-state index in [9.17, 15) is 0 Å². The molecule has 50 valence electrons. The quantitative estimate of drug-likeness (QED) is 0.402. The van der Waals surface area contributed by atoms with Crippen LogP contribution in [0.15, 0.2) is 16.2 Å². The molecule has 2 N–H and O–H groups in total. The van der Waals surface area contributed by atoms with Crippen molar-refractivity contribution in [3.05, 3.63) is 11.2 Å². The first-order chi connectivity index (χ1) is 4.20. The van der Waals surface area contributed by atoms with E-state index >= 15 is 0 Å². The molecule has 0 atom stereocenters. The summed E-state index contributed by atoms with van der Waals surface area (Å²) in [7, 11) is 0. The fourth-order valence-electron chi connectivity index (χ4n) is 0.556. The van der Waals surface area contributed by atoms with Gasteiger partial charge in [0, 0.05) is 5.71 Å². The number of hydrogen-bond acceptors (Lipinski definition) is 3. The molecule has 0 saturated carbocycles. The molecular formula is C5H8ClN3. The Morgan fingerprint density at radius 1 is 1.89 bits per heavy atom. The van der Waals surface area contributed by atoms with E-state index in [0.29, 0.717) is 11.8 Å². The van der Waals surface area contributed by atoms with Crippen molar-refractivity contribution >= 4 is 17.3 Å². The first kappa shape index (κ1) is 6.58. The van der Waals surface area contributed by atoms with Crippen LogP contribution in [0.25, 0.3) is 0 Å². The zero-order chi connectivity index (χ0) is 6.85. The molecule has 0 saturated heterocycles. The van der Waals surface area contributed by atoms with E-state index in [2.05, 4.69) is 4.99 Å². The number of allylic oxidation sites excluding steroid dienone is 1. The number of hydrogen-bond donors (Lipinski definition) is 1. The number of halogens is 1. The number of rotatable bonds is 0. The van der Waals surface area contributed by atoms with Gasteiger partial charge in [0.15, 0.2) is 0 Å². The maximum atomic E-state index is 5.64. The monoisotopic (exact) mass is 145 g/mol. The minimum absolute atomic E-state index is 0.459. The van der Waals surface area contributed by atoms with Crippen molar-refractivity contribution in [2.45, 2.75) is 6.92 Å². The Hall–Kier alpha value is -0.540. The van der Waals surface area contributed by atoms with Crippen molar-refractivity contribution < 1.29 is 0 Å². The van der Waals surface area contributed by atoms with Crippen LogP contribution in [0.5, 0.6) is 0 Å². The van der Waals surface area contributed by atoms with Crippen molar-refractivity contribution in [2.75, 3.05) is 6.67 Å². The van der Waals surface area contributed by atoms with Gasteiger partial charge in [0.25, 0.3) is 0 Å². The van der Waals surface area contributed by atoms with Crippen molar-refractivity contribution in [3.63, 3.8) is 0 Å². The second kappa shape index (κ2) is 2.37. The normalized spacial score (nSPS) is 19.2. The van der Waals surface area contributed by atoms with E-state index in [1.807, 2.05) is 6.92 Å². The third-order valence-corrected chi connectivity index (χ3v) is 1.40. The number of nitrogens with two attached hydrogens (primary N) is 1. The highest BCUT2D eigenvalue weighted by molar-refractivity contribution is 6.30. The van der Waals surface area contributed by atoms with Crippen molar-refractivity contribution in [1.82, 2.24) is 5.01 Å². The Labute approximate surface area is 58.8 Å². The first-order valence-corrected chi connectivity index (χ1v) is 2.98. The Bertz CT molecular complexity index is 173. The lowest BCUT2D eigenvalue weighted by Gasteiger charge is -2.18. The maximum absolute atomic E-state index is 5.64. The second-order valence-electron chi connectivity index (χ2n) is 1.88. The van der Waals surface area contributed by atoms with Gasteiger partial charge in [-0.15, -0.1) is 0 Å². The van der Waals surface area contributed by atoms with Gasteiger partial charge >= 0.3 is 0 Å². The van der Waals surface area contributed by atoms with Gasteiger partial charge in [-0.25, -0.2) is 5.84 Å². The van der Waals surface area contributed by atoms with Crippen LogP contribution in [0.4, 0.5) is 0 Å². The minimum Gasteiger partial charge on any atom is -0.279 e. The first-order valence-electron chi connectivity index (χ1n) is 2.60. The Morgan fingerprint density at radius 2 is 2.56 bits per heavy atom. The lowest BCUT2D eigenvalue weighted by molar-refractivity contribution is 0.391. The average molecular weight is 146 g/mol. The van der Waals surface area contributed by atoms with Gasteiger partial charge in [0.1, 0.15) is 11.8 Å². The summed E-state index contributed by atoms with van der Waals surface area (Å²) in [6, 6.07) is 0. The predicted molar refractivity (Wildman–Crippen MR) is 37.9 cm³/mol. The molecule has 1 rings (SSSR count). The van der Waals surface area contributed by atoms with Gasteiger partial charge in [0.2, 0.25) is 0 Å². The van der Waals surface area contributed by atoms with Crippen LogP contribution in [-0.4, -0.2) is 17.4 Å². The van der Waals surface area contributed by atoms with Crippen LogP contribution in [0, 0.1) is 0 Å². The largest absolute Gasteiger partial charge is 0.279 e. The second-order valence-corrected chi connectivity index (χ2v) is 2.27. The third-order valence-electron chi connectivity index (χ3n) is 1.07. The molecule has 1 heterocycles. The SMILES string of the molecule is CC1=NCN(N)C(Cl)=C1. The lowest BCUT2D eigenvalue weighted by atomic mass is 10.4. The molecule has 0 bridgehead atoms. The topological polar surface area (TPSA) is 41.6 Å². The number of hydrazine groups is 1. The fourth-order valence-corrected chi connectivity index (χ4v) is 0.768. The van der Waals surface area contributed by atoms with Gasteiger partial charge in [-0.3, -0.25) is 10.0 Å². The highest BCUT2D eigenvalue weighted by Gasteiger charge is 2.05. The van der Waals surface area contributed by atoms with E-state index in [4.69, 9.17) is 17.4 Å². The van der Waals surface area contributed by atoms with E-state index in [-0.39, 0.29) is 0 Å². The van der Waals surface area contributed by atoms with Crippen LogP contribution in [0.3, 0.4) is 0 Å². The summed E-state index contributed by atoms with van der Waals surface area (Å²) in [5, 5.41) is 1.93. The molecule has 0 aliphatic carbocycles. The number of aliphatic imine (C=N–C) groups is 1. The van der Waals surface area contributed by atoms with Gasteiger partial charge in [-0.05, 0) is 13.0 Å². The smallest absolute Gasteiger partial charge is 0.125 e. The van der Waals surface area contributed by atoms with E-state index in [1.165, 1.54) is 5.01 Å². The van der Waals surface area contributed by atoms with Crippen LogP contribution < -0.4 is 5.84 Å². The predicted octanol–water partition coefficient (Wildman–Crippen LogP) is 0.674. The zero-order valence-corrected chi connectivity index (χ0v) is 5.89. The van der Waals surface area contributed by atoms with Crippen molar-refractivity contribution in [3.8, 4) is 0 Å². The lowest BCUT2D eigenvalue weighted by Crippen LogP contribution is -2.31. The summed E-state index contributed by atoms with van der Waals surface area (Å²) in [5.41, 5.74) is 0.918. The molecule has 0 amide bonds. The Kier molecular flexibility index (Phi) is 1.73. The molecule has 0 aromatic rings. The molecule has 4 heteroatoms. The molecule has 1 aliphatic heterocycles. The fraction of sp³-hybridized carbons (Fsp3) is 0.400. The molecule has 0 aromatic heterocycles. The summed E-state index contributed by atoms with van der Waals surface area (Å²) in [4.78, 5) is 4.02. The summed E-state index contributed by atoms with van der Waals surface area (Å²) in [6.45, 7) is 2.34. The molecule has 0 fully saturated rings.